The predicted molar refractivity (Wildman–Crippen MR) is 78.3 cm³/mol. The molecule has 2 aromatic carbocycles. The first-order valence-electron chi connectivity index (χ1n) is 6.68. The molecule has 0 aliphatic carbocycles. The number of hydrogen-bond acceptors (Lipinski definition) is 3. The van der Waals surface area contributed by atoms with Crippen molar-refractivity contribution < 1.29 is 10.2 Å². The fourth-order valence-electron chi connectivity index (χ4n) is 2.17. The number of fused-ring (bicyclic) bond motifs is 1. The molecule has 0 amide bonds. The van der Waals surface area contributed by atoms with Crippen LogP contribution in [0.1, 0.15) is 25.5 Å². The summed E-state index contributed by atoms with van der Waals surface area (Å²) in [7, 11) is 0. The smallest absolute Gasteiger partial charge is 0.128 e. The molecule has 0 saturated carbocycles. The van der Waals surface area contributed by atoms with E-state index in [4.69, 9.17) is 5.11 Å². The van der Waals surface area contributed by atoms with Gasteiger partial charge in [0.15, 0.2) is 0 Å². The summed E-state index contributed by atoms with van der Waals surface area (Å²) in [6, 6.07) is 11.8. The lowest BCUT2D eigenvalue weighted by molar-refractivity contribution is 0.231. The van der Waals surface area contributed by atoms with Gasteiger partial charge in [0.1, 0.15) is 5.75 Å². The molecule has 0 spiro atoms. The normalized spacial score (nSPS) is 14.5. The van der Waals surface area contributed by atoms with Crippen LogP contribution in [0.2, 0.25) is 0 Å². The van der Waals surface area contributed by atoms with E-state index >= 15 is 0 Å². The molecule has 0 heterocycles. The zero-order valence-electron chi connectivity index (χ0n) is 11.4. The molecule has 3 nitrogen and oxygen atoms in total. The first-order chi connectivity index (χ1) is 9.13. The van der Waals surface area contributed by atoms with Gasteiger partial charge in [0.2, 0.25) is 0 Å². The molecule has 0 aliphatic heterocycles. The molecule has 19 heavy (non-hydrogen) atoms. The number of phenolic OH excluding ortho intramolecular Hbond substituents is 1. The second kappa shape index (κ2) is 6.04. The van der Waals surface area contributed by atoms with Gasteiger partial charge in [0.05, 0.1) is 0 Å². The second-order valence-electron chi connectivity index (χ2n) is 5.14. The second-order valence-corrected chi connectivity index (χ2v) is 5.14. The van der Waals surface area contributed by atoms with E-state index < -0.39 is 0 Å². The Morgan fingerprint density at radius 1 is 1.11 bits per heavy atom. The Labute approximate surface area is 113 Å². The number of aromatic hydroxyl groups is 1. The minimum absolute atomic E-state index is 0.0543. The van der Waals surface area contributed by atoms with Gasteiger partial charge in [-0.05, 0) is 18.2 Å². The molecule has 2 atom stereocenters. The molecule has 0 bridgehead atoms. The fraction of sp³-hybridized carbons (Fsp3) is 0.375. The molecule has 102 valence electrons. The minimum atomic E-state index is 0.0543. The highest BCUT2D eigenvalue weighted by Crippen LogP contribution is 2.32. The largest absolute Gasteiger partial charge is 0.507 e. The summed E-state index contributed by atoms with van der Waals surface area (Å²) >= 11 is 0. The average molecular weight is 259 g/mol. The van der Waals surface area contributed by atoms with Crippen molar-refractivity contribution in [1.29, 1.82) is 0 Å². The van der Waals surface area contributed by atoms with E-state index in [2.05, 4.69) is 5.32 Å². The van der Waals surface area contributed by atoms with Gasteiger partial charge < -0.3 is 15.5 Å². The molecule has 3 N–H and O–H groups in total. The van der Waals surface area contributed by atoms with Crippen LogP contribution in [0.15, 0.2) is 36.4 Å². The predicted octanol–water partition coefficient (Wildman–Crippen LogP) is 2.82. The summed E-state index contributed by atoms with van der Waals surface area (Å²) in [4.78, 5) is 0. The third kappa shape index (κ3) is 3.06. The van der Waals surface area contributed by atoms with Crippen molar-refractivity contribution in [2.75, 3.05) is 13.2 Å². The summed E-state index contributed by atoms with van der Waals surface area (Å²) in [5.41, 5.74) is 0.892. The van der Waals surface area contributed by atoms with Gasteiger partial charge in [-0.15, -0.1) is 0 Å². The summed E-state index contributed by atoms with van der Waals surface area (Å²) < 4.78 is 0. The van der Waals surface area contributed by atoms with Gasteiger partial charge in [-0.25, -0.2) is 0 Å². The maximum absolute atomic E-state index is 10.4. The highest BCUT2D eigenvalue weighted by molar-refractivity contribution is 5.89. The van der Waals surface area contributed by atoms with Gasteiger partial charge in [-0.3, -0.25) is 0 Å². The molecule has 0 saturated heterocycles. The molecule has 2 unspecified atom stereocenters. The summed E-state index contributed by atoms with van der Waals surface area (Å²) in [5.74, 6) is 0.555. The van der Waals surface area contributed by atoms with Crippen LogP contribution in [-0.4, -0.2) is 23.4 Å². The molecule has 0 radical (unpaired) electrons. The van der Waals surface area contributed by atoms with E-state index in [0.29, 0.717) is 5.75 Å². The van der Waals surface area contributed by atoms with Crippen LogP contribution < -0.4 is 5.32 Å². The Hall–Kier alpha value is -1.58. The number of benzene rings is 2. The van der Waals surface area contributed by atoms with Crippen molar-refractivity contribution in [2.24, 2.45) is 5.92 Å². The van der Waals surface area contributed by atoms with Crippen LogP contribution >= 0.6 is 0 Å². The number of aliphatic hydroxyl groups is 1. The Morgan fingerprint density at radius 3 is 2.58 bits per heavy atom. The summed E-state index contributed by atoms with van der Waals surface area (Å²) in [6.45, 7) is 4.90. The van der Waals surface area contributed by atoms with Crippen molar-refractivity contribution in [1.82, 2.24) is 5.32 Å². The number of rotatable bonds is 5. The van der Waals surface area contributed by atoms with Gasteiger partial charge in [0.25, 0.3) is 0 Å². The monoisotopic (exact) mass is 259 g/mol. The minimum Gasteiger partial charge on any atom is -0.507 e. The van der Waals surface area contributed by atoms with Crippen LogP contribution in [0, 0.1) is 5.92 Å². The van der Waals surface area contributed by atoms with E-state index in [-0.39, 0.29) is 18.6 Å². The summed E-state index contributed by atoms with van der Waals surface area (Å²) in [6.07, 6.45) is 0. The van der Waals surface area contributed by atoms with E-state index in [1.165, 1.54) is 0 Å². The van der Waals surface area contributed by atoms with Crippen molar-refractivity contribution in [3.05, 3.63) is 42.0 Å². The maximum Gasteiger partial charge on any atom is 0.128 e. The molecule has 2 rings (SSSR count). The molecule has 2 aromatic rings. The molecule has 0 fully saturated rings. The number of nitrogens with one attached hydrogen (secondary N) is 1. The van der Waals surface area contributed by atoms with E-state index in [0.717, 1.165) is 22.9 Å². The van der Waals surface area contributed by atoms with E-state index in [1.54, 1.807) is 0 Å². The van der Waals surface area contributed by atoms with Crippen molar-refractivity contribution in [2.45, 2.75) is 19.9 Å². The standard InChI is InChI=1S/C16H21NO2/c1-11(10-18)9-17-12(2)14-8-7-13-5-3-4-6-15(13)16(14)19/h3-8,11-12,17-19H,9-10H2,1-2H3. The highest BCUT2D eigenvalue weighted by Gasteiger charge is 2.13. The number of aliphatic hydroxyl groups excluding tert-OH is 1. The molecular weight excluding hydrogens is 238 g/mol. The van der Waals surface area contributed by atoms with Crippen molar-refractivity contribution in [3.8, 4) is 5.75 Å². The lowest BCUT2D eigenvalue weighted by Crippen LogP contribution is -2.26. The third-order valence-electron chi connectivity index (χ3n) is 3.48. The van der Waals surface area contributed by atoms with E-state index in [9.17, 15) is 5.11 Å². The quantitative estimate of drug-likeness (QED) is 0.774. The highest BCUT2D eigenvalue weighted by atomic mass is 16.3. The van der Waals surface area contributed by atoms with Crippen LogP contribution in [0.5, 0.6) is 5.75 Å². The van der Waals surface area contributed by atoms with Gasteiger partial charge >= 0.3 is 0 Å². The number of hydrogen-bond donors (Lipinski definition) is 3. The maximum atomic E-state index is 10.4. The lowest BCUT2D eigenvalue weighted by Gasteiger charge is -2.18. The zero-order chi connectivity index (χ0) is 13.8. The lowest BCUT2D eigenvalue weighted by atomic mass is 10.0. The van der Waals surface area contributed by atoms with Crippen LogP contribution in [-0.2, 0) is 0 Å². The summed E-state index contributed by atoms with van der Waals surface area (Å²) in [5, 5.41) is 24.6. The Balaban J connectivity index is 2.22. The molecule has 0 aliphatic rings. The SMILES string of the molecule is CC(CO)CNC(C)c1ccc2ccccc2c1O. The fourth-order valence-corrected chi connectivity index (χ4v) is 2.17. The van der Waals surface area contributed by atoms with Crippen molar-refractivity contribution >= 4 is 10.8 Å². The Morgan fingerprint density at radius 2 is 1.84 bits per heavy atom. The Kier molecular flexibility index (Phi) is 4.40. The Bertz CT molecular complexity index is 553. The van der Waals surface area contributed by atoms with Gasteiger partial charge in [-0.2, -0.15) is 0 Å². The topological polar surface area (TPSA) is 52.5 Å². The van der Waals surface area contributed by atoms with Gasteiger partial charge in [-0.1, -0.05) is 43.3 Å². The average Bonchev–Trinajstić information content (AvgIpc) is 2.45. The van der Waals surface area contributed by atoms with Gasteiger partial charge in [0, 0.05) is 30.1 Å². The van der Waals surface area contributed by atoms with Crippen LogP contribution in [0.25, 0.3) is 10.8 Å². The first-order valence-corrected chi connectivity index (χ1v) is 6.68. The van der Waals surface area contributed by atoms with Crippen LogP contribution in [0.4, 0.5) is 0 Å². The molecule has 3 heteroatoms. The zero-order valence-corrected chi connectivity index (χ0v) is 11.4. The number of phenols is 1. The molecular formula is C16H21NO2. The third-order valence-corrected chi connectivity index (χ3v) is 3.48. The first kappa shape index (κ1) is 13.8. The van der Waals surface area contributed by atoms with E-state index in [1.807, 2.05) is 50.2 Å². The molecule has 0 aromatic heterocycles. The van der Waals surface area contributed by atoms with Crippen molar-refractivity contribution in [3.63, 3.8) is 0 Å². The van der Waals surface area contributed by atoms with Crippen LogP contribution in [0.3, 0.4) is 0 Å².